The normalized spacial score (nSPS) is 17.4. The van der Waals surface area contributed by atoms with E-state index in [2.05, 4.69) is 68.3 Å². The van der Waals surface area contributed by atoms with Crippen LogP contribution in [-0.2, 0) is 18.3 Å². The molecule has 0 spiro atoms. The molecule has 0 unspecified atom stereocenters. The van der Waals surface area contributed by atoms with Crippen LogP contribution in [0.1, 0.15) is 29.8 Å². The molecule has 200 valence electrons. The number of hydrogen-bond donors (Lipinski definition) is 2. The van der Waals surface area contributed by atoms with E-state index in [1.807, 2.05) is 11.7 Å². The Morgan fingerprint density at radius 1 is 1.08 bits per heavy atom. The predicted octanol–water partition coefficient (Wildman–Crippen LogP) is 4.54. The summed E-state index contributed by atoms with van der Waals surface area (Å²) in [5.74, 6) is 0.795. The van der Waals surface area contributed by atoms with Gasteiger partial charge in [0.25, 0.3) is 0 Å². The third-order valence-electron chi connectivity index (χ3n) is 7.97. The number of piperidine rings is 1. The van der Waals surface area contributed by atoms with Gasteiger partial charge in [0, 0.05) is 68.3 Å². The van der Waals surface area contributed by atoms with Crippen molar-refractivity contribution in [2.45, 2.75) is 39.3 Å². The zero-order valence-electron chi connectivity index (χ0n) is 22.3. The van der Waals surface area contributed by atoms with Crippen molar-refractivity contribution in [2.75, 3.05) is 49.6 Å². The van der Waals surface area contributed by atoms with Gasteiger partial charge in [-0.05, 0) is 51.0 Å². The minimum Gasteiger partial charge on any atom is -0.379 e. The molecule has 0 radical (unpaired) electrons. The number of halogens is 1. The fourth-order valence-corrected chi connectivity index (χ4v) is 5.77. The number of ether oxygens (including phenoxy) is 1. The number of anilines is 2. The van der Waals surface area contributed by atoms with Gasteiger partial charge in [-0.15, -0.1) is 0 Å². The Hall–Kier alpha value is -3.14. The van der Waals surface area contributed by atoms with Gasteiger partial charge in [0.15, 0.2) is 5.65 Å². The summed E-state index contributed by atoms with van der Waals surface area (Å²) in [5, 5.41) is 8.90. The van der Waals surface area contributed by atoms with Crippen molar-refractivity contribution < 1.29 is 4.74 Å². The van der Waals surface area contributed by atoms with Crippen LogP contribution in [0.3, 0.4) is 0 Å². The summed E-state index contributed by atoms with van der Waals surface area (Å²) in [4.78, 5) is 17.6. The minimum absolute atomic E-state index is 0.338. The molecule has 6 rings (SSSR count). The lowest BCUT2D eigenvalue weighted by Gasteiger charge is -2.33. The van der Waals surface area contributed by atoms with Crippen LogP contribution in [0.4, 0.5) is 11.4 Å². The zero-order valence-corrected chi connectivity index (χ0v) is 23.1. The number of hydrogen-bond acceptors (Lipinski definition) is 7. The molecule has 38 heavy (non-hydrogen) atoms. The van der Waals surface area contributed by atoms with Gasteiger partial charge < -0.3 is 19.9 Å². The first kappa shape index (κ1) is 25.2. The summed E-state index contributed by atoms with van der Waals surface area (Å²) in [6, 6.07) is 8.85. The van der Waals surface area contributed by atoms with Crippen LogP contribution in [0.25, 0.3) is 22.6 Å². The van der Waals surface area contributed by atoms with Crippen LogP contribution in [0.2, 0.25) is 5.02 Å². The maximum atomic E-state index is 6.65. The standard InChI is InChI=1S/C28H35ClN8O/c1-18-23(19(2)35(3)34-18)17-36-10-8-21(9-11-36)31-25-24(29)16-30-28-26(25)32-27(33-28)20-4-6-22(7-5-20)37-12-14-38-15-13-37/h4-7,16,21H,8-15,17H2,1-3H3,(H2,30,31,32,33). The second kappa shape index (κ2) is 10.6. The highest BCUT2D eigenvalue weighted by molar-refractivity contribution is 6.34. The maximum absolute atomic E-state index is 6.65. The van der Waals surface area contributed by atoms with Crippen molar-refractivity contribution in [1.29, 1.82) is 0 Å². The average molecular weight is 535 g/mol. The summed E-state index contributed by atoms with van der Waals surface area (Å²) < 4.78 is 7.45. The summed E-state index contributed by atoms with van der Waals surface area (Å²) in [6.07, 6.45) is 3.78. The monoisotopic (exact) mass is 534 g/mol. The molecule has 9 nitrogen and oxygen atoms in total. The molecular formula is C28H35ClN8O. The molecule has 1 aromatic carbocycles. The van der Waals surface area contributed by atoms with Crippen LogP contribution < -0.4 is 10.2 Å². The van der Waals surface area contributed by atoms with Crippen molar-refractivity contribution in [1.82, 2.24) is 29.6 Å². The van der Waals surface area contributed by atoms with E-state index < -0.39 is 0 Å². The second-order valence-electron chi connectivity index (χ2n) is 10.4. The Morgan fingerprint density at radius 2 is 1.82 bits per heavy atom. The third kappa shape index (κ3) is 4.98. The highest BCUT2D eigenvalue weighted by Gasteiger charge is 2.23. The van der Waals surface area contributed by atoms with E-state index in [0.29, 0.717) is 16.7 Å². The van der Waals surface area contributed by atoms with E-state index in [9.17, 15) is 0 Å². The Balaban J connectivity index is 1.15. The number of aromatic amines is 1. The highest BCUT2D eigenvalue weighted by atomic mass is 35.5. The average Bonchev–Trinajstić information content (AvgIpc) is 3.48. The van der Waals surface area contributed by atoms with Gasteiger partial charge in [0.1, 0.15) is 11.3 Å². The Labute approximate surface area is 228 Å². The number of nitrogens with zero attached hydrogens (tertiary/aromatic N) is 6. The van der Waals surface area contributed by atoms with Crippen LogP contribution in [-0.4, -0.2) is 75.1 Å². The van der Waals surface area contributed by atoms with Crippen molar-refractivity contribution in [2.24, 2.45) is 7.05 Å². The first-order chi connectivity index (χ1) is 18.5. The maximum Gasteiger partial charge on any atom is 0.180 e. The van der Waals surface area contributed by atoms with Crippen LogP contribution in [0.15, 0.2) is 30.5 Å². The van der Waals surface area contributed by atoms with E-state index in [-0.39, 0.29) is 0 Å². The van der Waals surface area contributed by atoms with Crippen LogP contribution in [0.5, 0.6) is 0 Å². The highest BCUT2D eigenvalue weighted by Crippen LogP contribution is 2.33. The fraction of sp³-hybridized carbons (Fsp3) is 0.464. The van der Waals surface area contributed by atoms with Crippen molar-refractivity contribution in [3.8, 4) is 11.4 Å². The van der Waals surface area contributed by atoms with Crippen LogP contribution >= 0.6 is 11.6 Å². The van der Waals surface area contributed by atoms with Crippen molar-refractivity contribution in [3.63, 3.8) is 0 Å². The van der Waals surface area contributed by atoms with E-state index in [4.69, 9.17) is 21.3 Å². The number of nitrogens with one attached hydrogen (secondary N) is 2. The van der Waals surface area contributed by atoms with Gasteiger partial charge in [-0.3, -0.25) is 9.58 Å². The summed E-state index contributed by atoms with van der Waals surface area (Å²) >= 11 is 6.65. The molecule has 0 aliphatic carbocycles. The van der Waals surface area contributed by atoms with E-state index in [1.165, 1.54) is 16.9 Å². The molecule has 0 bridgehead atoms. The lowest BCUT2D eigenvalue weighted by Crippen LogP contribution is -2.39. The number of aromatic nitrogens is 5. The number of imidazole rings is 1. The molecule has 2 aliphatic rings. The molecule has 3 aromatic heterocycles. The number of likely N-dealkylation sites (tertiary alicyclic amines) is 1. The molecule has 0 saturated carbocycles. The molecule has 0 amide bonds. The van der Waals surface area contributed by atoms with E-state index in [0.717, 1.165) is 87.1 Å². The van der Waals surface area contributed by atoms with Gasteiger partial charge in [-0.2, -0.15) is 5.10 Å². The molecule has 10 heteroatoms. The first-order valence-corrected chi connectivity index (χ1v) is 13.8. The summed E-state index contributed by atoms with van der Waals surface area (Å²) in [6.45, 7) is 10.6. The minimum atomic E-state index is 0.338. The lowest BCUT2D eigenvalue weighted by atomic mass is 10.0. The zero-order chi connectivity index (χ0) is 26.2. The largest absolute Gasteiger partial charge is 0.379 e. The number of benzene rings is 1. The molecule has 5 heterocycles. The van der Waals surface area contributed by atoms with Gasteiger partial charge in [0.2, 0.25) is 0 Å². The SMILES string of the molecule is Cc1nn(C)c(C)c1CN1CCC(Nc2c(Cl)cnc3nc(-c4ccc(N5CCOCC5)cc4)[nH]c23)CC1. The number of H-pyrrole nitrogens is 1. The molecule has 2 N–H and O–H groups in total. The molecule has 0 atom stereocenters. The molecule has 2 aliphatic heterocycles. The van der Waals surface area contributed by atoms with Crippen molar-refractivity contribution in [3.05, 3.63) is 52.4 Å². The molecule has 4 aromatic rings. The van der Waals surface area contributed by atoms with E-state index in [1.54, 1.807) is 6.20 Å². The first-order valence-electron chi connectivity index (χ1n) is 13.4. The van der Waals surface area contributed by atoms with Gasteiger partial charge in [0.05, 0.1) is 35.8 Å². The Morgan fingerprint density at radius 3 is 2.50 bits per heavy atom. The number of rotatable bonds is 6. The van der Waals surface area contributed by atoms with Crippen molar-refractivity contribution >= 4 is 34.1 Å². The van der Waals surface area contributed by atoms with Gasteiger partial charge >= 0.3 is 0 Å². The van der Waals surface area contributed by atoms with E-state index >= 15 is 0 Å². The van der Waals surface area contributed by atoms with Gasteiger partial charge in [-0.1, -0.05) is 11.6 Å². The Bertz CT molecular complexity index is 1420. The number of pyridine rings is 1. The quantitative estimate of drug-likeness (QED) is 0.375. The molecular weight excluding hydrogens is 500 g/mol. The Kier molecular flexibility index (Phi) is 6.99. The molecule has 2 fully saturated rings. The smallest absolute Gasteiger partial charge is 0.180 e. The second-order valence-corrected chi connectivity index (χ2v) is 10.8. The summed E-state index contributed by atoms with van der Waals surface area (Å²) in [7, 11) is 2.02. The summed E-state index contributed by atoms with van der Waals surface area (Å²) in [5.41, 5.74) is 8.37. The van der Waals surface area contributed by atoms with Gasteiger partial charge in [-0.25, -0.2) is 9.97 Å². The number of fused-ring (bicyclic) bond motifs is 1. The van der Waals surface area contributed by atoms with Crippen LogP contribution in [0, 0.1) is 13.8 Å². The fourth-order valence-electron chi connectivity index (χ4n) is 5.57. The predicted molar refractivity (Wildman–Crippen MR) is 152 cm³/mol. The number of morpholine rings is 1. The number of aryl methyl sites for hydroxylation is 2. The third-order valence-corrected chi connectivity index (χ3v) is 8.25. The lowest BCUT2D eigenvalue weighted by molar-refractivity contribution is 0.122. The topological polar surface area (TPSA) is 87.1 Å². The molecule has 2 saturated heterocycles.